The van der Waals surface area contributed by atoms with Gasteiger partial charge < -0.3 is 14.5 Å². The average Bonchev–Trinajstić information content (AvgIpc) is 2.96. The number of carbonyl (C=O) groups is 1. The molecule has 0 unspecified atom stereocenters. The lowest BCUT2D eigenvalue weighted by atomic mass is 9.73. The first kappa shape index (κ1) is 18.2. The Morgan fingerprint density at radius 1 is 1.14 bits per heavy atom. The van der Waals surface area contributed by atoms with E-state index in [2.05, 4.69) is 9.88 Å². The molecule has 1 amide bonds. The number of ether oxygens (including phenoxy) is 1. The predicted molar refractivity (Wildman–Crippen MR) is 111 cm³/mol. The van der Waals surface area contributed by atoms with Gasteiger partial charge in [0.05, 0.1) is 23.9 Å². The van der Waals surface area contributed by atoms with Crippen LogP contribution in [0.1, 0.15) is 42.5 Å². The van der Waals surface area contributed by atoms with Crippen LogP contribution in [0.4, 0.5) is 11.6 Å². The molecule has 29 heavy (non-hydrogen) atoms. The highest BCUT2D eigenvalue weighted by Gasteiger charge is 2.53. The van der Waals surface area contributed by atoms with Crippen LogP contribution in [0.25, 0.3) is 0 Å². The van der Waals surface area contributed by atoms with Crippen molar-refractivity contribution in [2.75, 3.05) is 37.0 Å². The second-order valence-corrected chi connectivity index (χ2v) is 8.31. The Labute approximate surface area is 169 Å². The molecule has 1 spiro atoms. The number of likely N-dealkylation sites (N-methyl/N-ethyl adjacent to an activating group) is 1. The van der Waals surface area contributed by atoms with E-state index in [1.165, 1.54) is 0 Å². The second kappa shape index (κ2) is 6.61. The molecule has 1 aromatic heterocycles. The maximum absolute atomic E-state index is 13.3. The first-order valence-electron chi connectivity index (χ1n) is 10.4. The molecule has 0 saturated carbocycles. The third-order valence-electron chi connectivity index (χ3n) is 6.87. The number of aryl methyl sites for hydroxylation is 1. The minimum Gasteiger partial charge on any atom is -0.496 e. The van der Waals surface area contributed by atoms with E-state index in [1.54, 1.807) is 12.0 Å². The molecule has 2 aliphatic heterocycles. The van der Waals surface area contributed by atoms with Crippen molar-refractivity contribution in [2.45, 2.75) is 43.9 Å². The fraction of sp³-hybridized carbons (Fsp3) is 0.500. The number of anilines is 2. The van der Waals surface area contributed by atoms with Gasteiger partial charge in [-0.2, -0.15) is 0 Å². The summed E-state index contributed by atoms with van der Waals surface area (Å²) in [6.45, 7) is 1.33. The van der Waals surface area contributed by atoms with Crippen molar-refractivity contribution in [1.82, 2.24) is 9.97 Å². The van der Waals surface area contributed by atoms with Gasteiger partial charge in [0.2, 0.25) is 11.9 Å². The van der Waals surface area contributed by atoms with Gasteiger partial charge in [0, 0.05) is 31.3 Å². The molecule has 3 aliphatic rings. The Bertz CT molecular complexity index is 1040. The predicted octanol–water partition coefficient (Wildman–Crippen LogP) is 2.17. The molecular formula is C22H26N4O3. The van der Waals surface area contributed by atoms with E-state index >= 15 is 0 Å². The van der Waals surface area contributed by atoms with Gasteiger partial charge in [-0.05, 0) is 50.7 Å². The Morgan fingerprint density at radius 2 is 1.90 bits per heavy atom. The number of hydrogen-bond donors (Lipinski definition) is 1. The van der Waals surface area contributed by atoms with Crippen LogP contribution in [0.2, 0.25) is 0 Å². The van der Waals surface area contributed by atoms with Crippen molar-refractivity contribution >= 4 is 17.5 Å². The summed E-state index contributed by atoms with van der Waals surface area (Å²) in [5, 5.41) is 0. The van der Waals surface area contributed by atoms with Crippen molar-refractivity contribution in [3.8, 4) is 5.75 Å². The number of piperidine rings is 1. The highest BCUT2D eigenvalue weighted by atomic mass is 16.5. The van der Waals surface area contributed by atoms with Crippen LogP contribution in [-0.4, -0.2) is 43.1 Å². The van der Waals surface area contributed by atoms with Gasteiger partial charge in [0.1, 0.15) is 5.75 Å². The SMILES string of the molecule is COc1cccc2c1C1(CCN(c3nc4c(c(=O)[nH]3)CCCC4)CC1)C(=O)N2C. The minimum absolute atomic E-state index is 0.00585. The van der Waals surface area contributed by atoms with E-state index in [-0.39, 0.29) is 11.5 Å². The third-order valence-corrected chi connectivity index (χ3v) is 6.87. The molecular weight excluding hydrogens is 368 g/mol. The largest absolute Gasteiger partial charge is 0.496 e. The monoisotopic (exact) mass is 394 g/mol. The summed E-state index contributed by atoms with van der Waals surface area (Å²) in [4.78, 5) is 37.4. The van der Waals surface area contributed by atoms with Crippen LogP contribution in [0, 0.1) is 0 Å². The molecule has 1 aromatic carbocycles. The van der Waals surface area contributed by atoms with Crippen molar-refractivity contribution in [2.24, 2.45) is 0 Å². The molecule has 0 bridgehead atoms. The van der Waals surface area contributed by atoms with Crippen LogP contribution < -0.4 is 20.1 Å². The van der Waals surface area contributed by atoms with Crippen molar-refractivity contribution in [1.29, 1.82) is 0 Å². The summed E-state index contributed by atoms with van der Waals surface area (Å²) in [5.41, 5.74) is 3.15. The van der Waals surface area contributed by atoms with Crippen LogP contribution >= 0.6 is 0 Å². The number of H-pyrrole nitrogens is 1. The van der Waals surface area contributed by atoms with Crippen molar-refractivity contribution in [3.05, 3.63) is 45.4 Å². The number of carbonyl (C=O) groups excluding carboxylic acids is 1. The van der Waals surface area contributed by atoms with Gasteiger partial charge in [-0.15, -0.1) is 0 Å². The van der Waals surface area contributed by atoms with E-state index < -0.39 is 5.41 Å². The normalized spacial score (nSPS) is 20.0. The zero-order valence-corrected chi connectivity index (χ0v) is 17.0. The molecule has 7 nitrogen and oxygen atoms in total. The number of methoxy groups -OCH3 is 1. The van der Waals surface area contributed by atoms with Gasteiger partial charge in [0.15, 0.2) is 0 Å². The first-order valence-corrected chi connectivity index (χ1v) is 10.4. The summed E-state index contributed by atoms with van der Waals surface area (Å²) >= 11 is 0. The number of nitrogens with zero attached hydrogens (tertiary/aromatic N) is 3. The van der Waals surface area contributed by atoms with Gasteiger partial charge >= 0.3 is 0 Å². The smallest absolute Gasteiger partial charge is 0.255 e. The minimum atomic E-state index is -0.568. The lowest BCUT2D eigenvalue weighted by Crippen LogP contribution is -2.49. The highest BCUT2D eigenvalue weighted by Crippen LogP contribution is 2.51. The van der Waals surface area contributed by atoms with Gasteiger partial charge in [-0.3, -0.25) is 14.6 Å². The topological polar surface area (TPSA) is 78.5 Å². The number of fused-ring (bicyclic) bond motifs is 3. The number of amides is 1. The Kier molecular flexibility index (Phi) is 4.15. The van der Waals surface area contributed by atoms with Crippen LogP contribution in [0.3, 0.4) is 0 Å². The molecule has 1 aliphatic carbocycles. The number of nitrogens with one attached hydrogen (secondary N) is 1. The van der Waals surface area contributed by atoms with Crippen molar-refractivity contribution < 1.29 is 9.53 Å². The zero-order valence-electron chi connectivity index (χ0n) is 17.0. The Hall–Kier alpha value is -2.83. The molecule has 0 radical (unpaired) electrons. The molecule has 5 rings (SSSR count). The molecule has 3 heterocycles. The van der Waals surface area contributed by atoms with Crippen LogP contribution in [-0.2, 0) is 23.1 Å². The molecule has 1 fully saturated rings. The summed E-state index contributed by atoms with van der Waals surface area (Å²) in [5.74, 6) is 1.54. The number of aromatic nitrogens is 2. The number of rotatable bonds is 2. The van der Waals surface area contributed by atoms with E-state index in [0.29, 0.717) is 31.9 Å². The molecule has 7 heteroatoms. The number of benzene rings is 1. The Morgan fingerprint density at radius 3 is 2.66 bits per heavy atom. The van der Waals surface area contributed by atoms with Crippen molar-refractivity contribution in [3.63, 3.8) is 0 Å². The standard InChI is InChI=1S/C22H26N4O3/c1-25-16-8-5-9-17(29-2)18(16)22(20(25)28)10-12-26(13-11-22)21-23-15-7-4-3-6-14(15)19(27)24-21/h5,8-9H,3-4,6-7,10-13H2,1-2H3,(H,23,24,27). The van der Waals surface area contributed by atoms with Gasteiger partial charge in [-0.25, -0.2) is 4.98 Å². The summed E-state index contributed by atoms with van der Waals surface area (Å²) in [6, 6.07) is 5.85. The molecule has 1 saturated heterocycles. The highest BCUT2D eigenvalue weighted by molar-refractivity contribution is 6.08. The number of hydrogen-bond acceptors (Lipinski definition) is 5. The fourth-order valence-corrected chi connectivity index (χ4v) is 5.29. The van der Waals surface area contributed by atoms with Crippen LogP contribution in [0.5, 0.6) is 5.75 Å². The maximum atomic E-state index is 13.3. The quantitative estimate of drug-likeness (QED) is 0.845. The van der Waals surface area contributed by atoms with Gasteiger partial charge in [0.25, 0.3) is 5.56 Å². The van der Waals surface area contributed by atoms with E-state index in [4.69, 9.17) is 9.72 Å². The van der Waals surface area contributed by atoms with Gasteiger partial charge in [-0.1, -0.05) is 6.07 Å². The fourth-order valence-electron chi connectivity index (χ4n) is 5.29. The summed E-state index contributed by atoms with van der Waals surface area (Å²) in [7, 11) is 3.49. The maximum Gasteiger partial charge on any atom is 0.255 e. The van der Waals surface area contributed by atoms with Crippen LogP contribution in [0.15, 0.2) is 23.0 Å². The summed E-state index contributed by atoms with van der Waals surface area (Å²) < 4.78 is 5.62. The third kappa shape index (κ3) is 2.59. The molecule has 2 aromatic rings. The molecule has 152 valence electrons. The first-order chi connectivity index (χ1) is 14.0. The number of aromatic amines is 1. The van der Waals surface area contributed by atoms with E-state index in [1.807, 2.05) is 25.2 Å². The average molecular weight is 394 g/mol. The molecule has 0 atom stereocenters. The molecule has 1 N–H and O–H groups in total. The lowest BCUT2D eigenvalue weighted by molar-refractivity contribution is -0.123. The van der Waals surface area contributed by atoms with E-state index in [0.717, 1.165) is 53.9 Å². The summed E-state index contributed by atoms with van der Waals surface area (Å²) in [6.07, 6.45) is 5.18. The Balaban J connectivity index is 1.46. The zero-order chi connectivity index (χ0) is 20.2. The lowest BCUT2D eigenvalue weighted by Gasteiger charge is -2.39. The van der Waals surface area contributed by atoms with E-state index in [9.17, 15) is 9.59 Å². The second-order valence-electron chi connectivity index (χ2n) is 8.31.